The number of carbonyl (C=O) groups excluding carboxylic acids is 1. The normalized spacial score (nSPS) is 19.2. The second-order valence-electron chi connectivity index (χ2n) is 6.76. The number of H-pyrrole nitrogens is 1. The van der Waals surface area contributed by atoms with E-state index < -0.39 is 5.97 Å². The molecule has 2 aromatic rings. The van der Waals surface area contributed by atoms with E-state index in [4.69, 9.17) is 16.3 Å². The lowest BCUT2D eigenvalue weighted by atomic mass is 10.0. The van der Waals surface area contributed by atoms with Crippen molar-refractivity contribution in [3.8, 4) is 0 Å². The lowest BCUT2D eigenvalue weighted by molar-refractivity contribution is 0.0536. The van der Waals surface area contributed by atoms with E-state index >= 15 is 0 Å². The Hall–Kier alpha value is -2.72. The average molecular weight is 423 g/mol. The number of halogens is 1. The molecule has 156 valence electrons. The number of ether oxygens (including phenoxy) is 1. The third-order valence-corrected chi connectivity index (χ3v) is 5.16. The molecule has 0 radical (unpaired) electrons. The van der Waals surface area contributed by atoms with Crippen molar-refractivity contribution in [3.63, 3.8) is 0 Å². The summed E-state index contributed by atoms with van der Waals surface area (Å²) in [7, 11) is 1.57. The Kier molecular flexibility index (Phi) is 6.33. The molecule has 10 nitrogen and oxygen atoms in total. The number of nitrogens with zero attached hydrogens (tertiary/aromatic N) is 4. The van der Waals surface area contributed by atoms with Gasteiger partial charge in [0, 0.05) is 26.3 Å². The largest absolute Gasteiger partial charge is 0.477 e. The molecule has 1 saturated heterocycles. The van der Waals surface area contributed by atoms with Crippen LogP contribution in [0.2, 0.25) is 5.15 Å². The molecule has 3 N–H and O–H groups in total. The van der Waals surface area contributed by atoms with Gasteiger partial charge >= 0.3 is 5.97 Å². The number of aromatic amines is 1. The van der Waals surface area contributed by atoms with E-state index in [1.165, 1.54) is 6.07 Å². The Bertz CT molecular complexity index is 918. The van der Waals surface area contributed by atoms with E-state index in [0.717, 1.165) is 0 Å². The molecule has 0 saturated carbocycles. The van der Waals surface area contributed by atoms with Crippen LogP contribution in [0.4, 0.5) is 5.82 Å². The quantitative estimate of drug-likeness (QED) is 0.636. The molecule has 2 aromatic heterocycles. The van der Waals surface area contributed by atoms with Crippen LogP contribution < -0.4 is 10.2 Å². The molecule has 0 bridgehead atoms. The first-order valence-electron chi connectivity index (χ1n) is 9.24. The van der Waals surface area contributed by atoms with Crippen LogP contribution in [0, 0.1) is 6.92 Å². The van der Waals surface area contributed by atoms with E-state index in [2.05, 4.69) is 25.3 Å². The van der Waals surface area contributed by atoms with Gasteiger partial charge in [0.15, 0.2) is 16.7 Å². The molecule has 2 atom stereocenters. The van der Waals surface area contributed by atoms with Crippen molar-refractivity contribution in [2.24, 2.45) is 0 Å². The summed E-state index contributed by atoms with van der Waals surface area (Å²) in [6.07, 6.45) is 0.923. The number of nitrogens with one attached hydrogen (secondary N) is 2. The molecule has 3 heterocycles. The average Bonchev–Trinajstić information content (AvgIpc) is 3.08. The lowest BCUT2D eigenvalue weighted by Gasteiger charge is -2.38. The fourth-order valence-electron chi connectivity index (χ4n) is 3.32. The summed E-state index contributed by atoms with van der Waals surface area (Å²) in [5.74, 6) is -0.386. The second kappa shape index (κ2) is 8.75. The highest BCUT2D eigenvalue weighted by Gasteiger charge is 2.32. The molecular formula is C18H23ClN6O4. The predicted molar refractivity (Wildman–Crippen MR) is 106 cm³/mol. The van der Waals surface area contributed by atoms with Crippen molar-refractivity contribution in [2.45, 2.75) is 38.8 Å². The molecule has 0 aromatic carbocycles. The van der Waals surface area contributed by atoms with E-state index in [-0.39, 0.29) is 29.6 Å². The fraction of sp³-hybridized carbons (Fsp3) is 0.500. The van der Waals surface area contributed by atoms with Crippen molar-refractivity contribution in [1.29, 1.82) is 0 Å². The Labute approximate surface area is 172 Å². The number of hydrogen-bond acceptors (Lipinski definition) is 7. The molecule has 2 unspecified atom stereocenters. The smallest absolute Gasteiger partial charge is 0.354 e. The van der Waals surface area contributed by atoms with Crippen LogP contribution in [0.15, 0.2) is 6.07 Å². The number of carboxylic acids is 1. The van der Waals surface area contributed by atoms with Gasteiger partial charge in [-0.3, -0.25) is 4.79 Å². The third kappa shape index (κ3) is 4.65. The monoisotopic (exact) mass is 422 g/mol. The maximum atomic E-state index is 12.6. The highest BCUT2D eigenvalue weighted by atomic mass is 35.5. The standard InChI is InChI=1S/C18H23ClN6O4/c1-4-10-15(19)24-16(22-10)17(26)23-11-5-6-25(8-13(11)29-3)14-7-12(18(27)28)20-9(2)21-14/h7,11,13H,4-6,8H2,1-3H3,(H,22,24)(H,23,26)(H,27,28). The van der Waals surface area contributed by atoms with Crippen molar-refractivity contribution in [3.05, 3.63) is 34.3 Å². The number of hydrogen-bond donors (Lipinski definition) is 3. The van der Waals surface area contributed by atoms with Gasteiger partial charge in [0.1, 0.15) is 11.6 Å². The molecule has 1 aliphatic rings. The van der Waals surface area contributed by atoms with E-state index in [1.807, 2.05) is 11.8 Å². The number of imidazole rings is 1. The molecule has 1 amide bonds. The minimum Gasteiger partial charge on any atom is -0.477 e. The van der Waals surface area contributed by atoms with E-state index in [0.29, 0.717) is 48.4 Å². The predicted octanol–water partition coefficient (Wildman–Crippen LogP) is 1.45. The van der Waals surface area contributed by atoms with Gasteiger partial charge in [-0.25, -0.2) is 19.7 Å². The molecule has 29 heavy (non-hydrogen) atoms. The number of piperidine rings is 1. The number of aryl methyl sites for hydroxylation is 2. The summed E-state index contributed by atoms with van der Waals surface area (Å²) >= 11 is 6.01. The van der Waals surface area contributed by atoms with Crippen molar-refractivity contribution in [1.82, 2.24) is 25.3 Å². The molecule has 3 rings (SSSR count). The van der Waals surface area contributed by atoms with Crippen LogP contribution in [0.5, 0.6) is 0 Å². The minimum atomic E-state index is -1.11. The first-order chi connectivity index (χ1) is 13.8. The highest BCUT2D eigenvalue weighted by molar-refractivity contribution is 6.30. The number of anilines is 1. The topological polar surface area (TPSA) is 133 Å². The summed E-state index contributed by atoms with van der Waals surface area (Å²) in [5, 5.41) is 12.5. The first-order valence-corrected chi connectivity index (χ1v) is 9.62. The zero-order valence-electron chi connectivity index (χ0n) is 16.4. The maximum absolute atomic E-state index is 12.6. The van der Waals surface area contributed by atoms with Gasteiger partial charge < -0.3 is 25.0 Å². The second-order valence-corrected chi connectivity index (χ2v) is 7.12. The SMILES string of the molecule is CCc1[nH]c(C(=O)NC2CCN(c3cc(C(=O)O)nc(C)n3)CC2OC)nc1Cl. The third-order valence-electron chi connectivity index (χ3n) is 4.84. The first kappa shape index (κ1) is 21.0. The Morgan fingerprint density at radius 1 is 1.41 bits per heavy atom. The lowest BCUT2D eigenvalue weighted by Crippen LogP contribution is -2.55. The van der Waals surface area contributed by atoms with Gasteiger partial charge in [0.05, 0.1) is 17.8 Å². The number of aromatic carboxylic acids is 1. The summed E-state index contributed by atoms with van der Waals surface area (Å²) in [6, 6.07) is 1.21. The van der Waals surface area contributed by atoms with Gasteiger partial charge in [-0.2, -0.15) is 0 Å². The number of carbonyl (C=O) groups is 2. The van der Waals surface area contributed by atoms with E-state index in [1.54, 1.807) is 14.0 Å². The Balaban J connectivity index is 1.71. The minimum absolute atomic E-state index is 0.0571. The number of carboxylic acid groups (broad SMARTS) is 1. The van der Waals surface area contributed by atoms with Crippen LogP contribution in [0.25, 0.3) is 0 Å². The Morgan fingerprint density at radius 2 is 2.17 bits per heavy atom. The molecule has 0 spiro atoms. The fourth-order valence-corrected chi connectivity index (χ4v) is 3.58. The number of amides is 1. The molecular weight excluding hydrogens is 400 g/mol. The maximum Gasteiger partial charge on any atom is 0.354 e. The Morgan fingerprint density at radius 3 is 2.79 bits per heavy atom. The number of aromatic nitrogens is 4. The van der Waals surface area contributed by atoms with Crippen LogP contribution >= 0.6 is 11.6 Å². The van der Waals surface area contributed by atoms with Crippen LogP contribution in [0.1, 0.15) is 46.0 Å². The molecule has 0 aliphatic carbocycles. The van der Waals surface area contributed by atoms with E-state index in [9.17, 15) is 14.7 Å². The molecule has 1 aliphatic heterocycles. The van der Waals surface area contributed by atoms with Gasteiger partial charge in [0.2, 0.25) is 0 Å². The highest BCUT2D eigenvalue weighted by Crippen LogP contribution is 2.21. The molecule has 1 fully saturated rings. The van der Waals surface area contributed by atoms with Crippen molar-refractivity contribution >= 4 is 29.3 Å². The summed E-state index contributed by atoms with van der Waals surface area (Å²) in [5.41, 5.74) is 0.654. The summed E-state index contributed by atoms with van der Waals surface area (Å²) in [4.78, 5) is 41.0. The zero-order chi connectivity index (χ0) is 21.1. The zero-order valence-corrected chi connectivity index (χ0v) is 17.2. The van der Waals surface area contributed by atoms with Gasteiger partial charge in [-0.1, -0.05) is 18.5 Å². The van der Waals surface area contributed by atoms with Crippen molar-refractivity contribution in [2.75, 3.05) is 25.1 Å². The number of methoxy groups -OCH3 is 1. The van der Waals surface area contributed by atoms with Gasteiger partial charge in [0.25, 0.3) is 5.91 Å². The van der Waals surface area contributed by atoms with Gasteiger partial charge in [-0.15, -0.1) is 0 Å². The summed E-state index contributed by atoms with van der Waals surface area (Å²) in [6.45, 7) is 4.58. The van der Waals surface area contributed by atoms with Gasteiger partial charge in [-0.05, 0) is 19.8 Å². The summed E-state index contributed by atoms with van der Waals surface area (Å²) < 4.78 is 5.58. The number of rotatable bonds is 6. The van der Waals surface area contributed by atoms with Crippen molar-refractivity contribution < 1.29 is 19.4 Å². The van der Waals surface area contributed by atoms with Crippen LogP contribution in [-0.2, 0) is 11.2 Å². The van der Waals surface area contributed by atoms with Crippen LogP contribution in [-0.4, -0.2) is 69.3 Å². The molecule has 11 heteroatoms. The van der Waals surface area contributed by atoms with Crippen LogP contribution in [0.3, 0.4) is 0 Å².